The maximum atomic E-state index is 14.8. The zero-order valence-corrected chi connectivity index (χ0v) is 20.0. The Morgan fingerprint density at radius 3 is 2.54 bits per heavy atom. The monoisotopic (exact) mass is 549 g/mol. The molecule has 4 rings (SSSR count). The predicted molar refractivity (Wildman–Crippen MR) is 118 cm³/mol. The first-order valence-corrected chi connectivity index (χ1v) is 12.4. The molecule has 3 aromatic rings. The predicted octanol–water partition coefficient (Wildman–Crippen LogP) is 4.44. The molecule has 1 saturated carbocycles. The summed E-state index contributed by atoms with van der Waals surface area (Å²) in [7, 11) is -4.37. The Balaban J connectivity index is 1.49. The standard InChI is InChI=1S/C22H21F6N5O3S/c1-13-31-30-12-33(13)16-6-15(8-21(24,25)9-16)32-37(34,35)17-3-4-18(19(23)7-17)14-2-5-20(29-10-14)36-11-22(26,27)28/h2-5,7,10,12,15-16,32H,6,8-9,11H2,1H3/t15-,16+/m1/s1. The van der Waals surface area contributed by atoms with Crippen LogP contribution in [0.25, 0.3) is 11.1 Å². The summed E-state index contributed by atoms with van der Waals surface area (Å²) in [6.07, 6.45) is -3.33. The minimum atomic E-state index is -4.55. The van der Waals surface area contributed by atoms with Gasteiger partial charge in [0.15, 0.2) is 6.61 Å². The molecule has 0 radical (unpaired) electrons. The van der Waals surface area contributed by atoms with E-state index in [0.29, 0.717) is 5.82 Å². The number of nitrogens with zero attached hydrogens (tertiary/aromatic N) is 4. The zero-order valence-electron chi connectivity index (χ0n) is 19.2. The first kappa shape index (κ1) is 26.9. The molecule has 2 atom stereocenters. The molecule has 1 fully saturated rings. The molecule has 1 aromatic carbocycles. The molecular formula is C22H21F6N5O3S. The van der Waals surface area contributed by atoms with Gasteiger partial charge in [0.25, 0.3) is 5.92 Å². The first-order chi connectivity index (χ1) is 17.2. The summed E-state index contributed by atoms with van der Waals surface area (Å²) >= 11 is 0. The Labute approximate surface area is 207 Å². The maximum Gasteiger partial charge on any atom is 0.422 e. The number of hydrogen-bond donors (Lipinski definition) is 1. The first-order valence-electron chi connectivity index (χ1n) is 10.9. The van der Waals surface area contributed by atoms with Gasteiger partial charge in [0.05, 0.1) is 4.90 Å². The van der Waals surface area contributed by atoms with Crippen LogP contribution < -0.4 is 9.46 Å². The second-order valence-electron chi connectivity index (χ2n) is 8.69. The average Bonchev–Trinajstić information content (AvgIpc) is 3.22. The third-order valence-electron chi connectivity index (χ3n) is 5.79. The summed E-state index contributed by atoms with van der Waals surface area (Å²) in [5.41, 5.74) is 0.0917. The van der Waals surface area contributed by atoms with Crippen LogP contribution in [0.4, 0.5) is 26.3 Å². The van der Waals surface area contributed by atoms with E-state index in [1.54, 1.807) is 6.92 Å². The van der Waals surface area contributed by atoms with Gasteiger partial charge in [0.1, 0.15) is 18.0 Å². The van der Waals surface area contributed by atoms with Crippen LogP contribution in [0.15, 0.2) is 47.8 Å². The fourth-order valence-corrected chi connectivity index (χ4v) is 5.47. The van der Waals surface area contributed by atoms with E-state index in [1.165, 1.54) is 17.0 Å². The summed E-state index contributed by atoms with van der Waals surface area (Å²) in [5.74, 6) is -4.02. The molecule has 1 aliphatic carbocycles. The lowest BCUT2D eigenvalue weighted by molar-refractivity contribution is -0.154. The molecule has 0 spiro atoms. The highest BCUT2D eigenvalue weighted by Crippen LogP contribution is 2.40. The molecule has 200 valence electrons. The lowest BCUT2D eigenvalue weighted by atomic mass is 9.88. The molecule has 37 heavy (non-hydrogen) atoms. The maximum absolute atomic E-state index is 14.8. The quantitative estimate of drug-likeness (QED) is 0.438. The summed E-state index contributed by atoms with van der Waals surface area (Å²) in [4.78, 5) is 3.22. The second kappa shape index (κ2) is 9.93. The number of pyridine rings is 1. The van der Waals surface area contributed by atoms with Crippen molar-refractivity contribution in [2.24, 2.45) is 0 Å². The highest BCUT2D eigenvalue weighted by molar-refractivity contribution is 7.89. The van der Waals surface area contributed by atoms with Crippen molar-refractivity contribution in [3.63, 3.8) is 0 Å². The molecule has 15 heteroatoms. The van der Waals surface area contributed by atoms with Crippen LogP contribution in [0.2, 0.25) is 0 Å². The molecule has 0 aliphatic heterocycles. The molecule has 0 bridgehead atoms. The van der Waals surface area contributed by atoms with Gasteiger partial charge < -0.3 is 9.30 Å². The van der Waals surface area contributed by atoms with E-state index in [2.05, 4.69) is 24.6 Å². The minimum Gasteiger partial charge on any atom is -0.468 e. The van der Waals surface area contributed by atoms with Gasteiger partial charge in [-0.2, -0.15) is 13.2 Å². The van der Waals surface area contributed by atoms with Crippen LogP contribution in [-0.4, -0.2) is 52.9 Å². The number of nitrogens with one attached hydrogen (secondary N) is 1. The highest BCUT2D eigenvalue weighted by atomic mass is 32.2. The average molecular weight is 549 g/mol. The smallest absolute Gasteiger partial charge is 0.422 e. The number of halogens is 6. The van der Waals surface area contributed by atoms with Crippen molar-refractivity contribution in [2.45, 2.75) is 55.3 Å². The third kappa shape index (κ3) is 6.57. The van der Waals surface area contributed by atoms with Crippen LogP contribution in [0.3, 0.4) is 0 Å². The van der Waals surface area contributed by atoms with Crippen molar-refractivity contribution in [2.75, 3.05) is 6.61 Å². The topological polar surface area (TPSA) is 99.0 Å². The molecule has 2 aromatic heterocycles. The number of benzene rings is 1. The number of sulfonamides is 1. The van der Waals surface area contributed by atoms with Gasteiger partial charge in [-0.25, -0.2) is 31.3 Å². The van der Waals surface area contributed by atoms with Gasteiger partial charge in [0.2, 0.25) is 15.9 Å². The minimum absolute atomic E-state index is 0.0582. The highest BCUT2D eigenvalue weighted by Gasteiger charge is 2.43. The number of rotatable bonds is 7. The van der Waals surface area contributed by atoms with Crippen molar-refractivity contribution in [3.8, 4) is 17.0 Å². The van der Waals surface area contributed by atoms with E-state index >= 15 is 0 Å². The van der Waals surface area contributed by atoms with Gasteiger partial charge in [0, 0.05) is 48.3 Å². The van der Waals surface area contributed by atoms with Gasteiger partial charge >= 0.3 is 6.18 Å². The Morgan fingerprint density at radius 2 is 1.95 bits per heavy atom. The number of aryl methyl sites for hydroxylation is 1. The second-order valence-corrected chi connectivity index (χ2v) is 10.4. The van der Waals surface area contributed by atoms with Crippen molar-refractivity contribution in [3.05, 3.63) is 54.5 Å². The molecule has 0 unspecified atom stereocenters. The van der Waals surface area contributed by atoms with Crippen molar-refractivity contribution < 1.29 is 39.5 Å². The third-order valence-corrected chi connectivity index (χ3v) is 7.30. The van der Waals surface area contributed by atoms with Crippen LogP contribution in [0, 0.1) is 12.7 Å². The van der Waals surface area contributed by atoms with E-state index in [1.807, 2.05) is 0 Å². The molecule has 8 nitrogen and oxygen atoms in total. The summed E-state index contributed by atoms with van der Waals surface area (Å²) in [6.45, 7) is 0.0572. The van der Waals surface area contributed by atoms with Crippen LogP contribution in [0.5, 0.6) is 5.88 Å². The molecule has 1 N–H and O–H groups in total. The summed E-state index contributed by atoms with van der Waals surface area (Å²) in [5, 5.41) is 7.47. The van der Waals surface area contributed by atoms with Crippen molar-refractivity contribution in [1.82, 2.24) is 24.5 Å². The number of ether oxygens (including phenoxy) is 1. The Hall–Kier alpha value is -3.20. The molecule has 0 saturated heterocycles. The van der Waals surface area contributed by atoms with E-state index in [9.17, 15) is 34.8 Å². The lowest BCUT2D eigenvalue weighted by Gasteiger charge is -2.35. The number of aromatic nitrogens is 4. The fraction of sp³-hybridized carbons (Fsp3) is 0.409. The van der Waals surface area contributed by atoms with Crippen LogP contribution in [-0.2, 0) is 10.0 Å². The molecule has 1 aliphatic rings. The largest absolute Gasteiger partial charge is 0.468 e. The Bertz CT molecular complexity index is 1360. The molecular weight excluding hydrogens is 528 g/mol. The Kier molecular flexibility index (Phi) is 7.21. The molecule has 0 amide bonds. The normalized spacial score (nSPS) is 20.1. The van der Waals surface area contributed by atoms with Crippen LogP contribution in [0.1, 0.15) is 31.1 Å². The lowest BCUT2D eigenvalue weighted by Crippen LogP contribution is -2.45. The van der Waals surface area contributed by atoms with E-state index in [-0.39, 0.29) is 23.4 Å². The molecule has 2 heterocycles. The van der Waals surface area contributed by atoms with Gasteiger partial charge in [-0.15, -0.1) is 10.2 Å². The van der Waals surface area contributed by atoms with Crippen molar-refractivity contribution in [1.29, 1.82) is 0 Å². The SMILES string of the molecule is Cc1nncn1[C@H]1C[C@@H](NS(=O)(=O)c2ccc(-c3ccc(OCC(F)(F)F)nc3)c(F)c2)CC(F)(F)C1. The van der Waals surface area contributed by atoms with Gasteiger partial charge in [-0.3, -0.25) is 0 Å². The summed E-state index contributed by atoms with van der Waals surface area (Å²) < 4.78 is 114. The zero-order chi connectivity index (χ0) is 27.0. The number of alkyl halides is 5. The Morgan fingerprint density at radius 1 is 1.19 bits per heavy atom. The van der Waals surface area contributed by atoms with E-state index in [0.717, 1.165) is 30.5 Å². The van der Waals surface area contributed by atoms with E-state index in [4.69, 9.17) is 0 Å². The van der Waals surface area contributed by atoms with Gasteiger partial charge in [-0.1, -0.05) is 6.07 Å². The number of hydrogen-bond acceptors (Lipinski definition) is 6. The summed E-state index contributed by atoms with van der Waals surface area (Å²) in [6, 6.07) is 3.49. The fourth-order valence-electron chi connectivity index (χ4n) is 4.21. The van der Waals surface area contributed by atoms with Gasteiger partial charge in [-0.05, 0) is 31.5 Å². The van der Waals surface area contributed by atoms with E-state index < -0.39 is 64.4 Å². The van der Waals surface area contributed by atoms with Crippen LogP contribution >= 0.6 is 0 Å². The van der Waals surface area contributed by atoms with Crippen molar-refractivity contribution >= 4 is 10.0 Å².